The van der Waals surface area contributed by atoms with Crippen molar-refractivity contribution in [3.63, 3.8) is 0 Å². The summed E-state index contributed by atoms with van der Waals surface area (Å²) in [5.74, 6) is -9.88. The summed E-state index contributed by atoms with van der Waals surface area (Å²) in [5.41, 5.74) is 1.74. The van der Waals surface area contributed by atoms with Crippen LogP contribution in [0.15, 0.2) is 72.9 Å². The molecule has 30 nitrogen and oxygen atoms in total. The maximum atomic E-state index is 14.9. The van der Waals surface area contributed by atoms with Gasteiger partial charge < -0.3 is 95.3 Å². The van der Waals surface area contributed by atoms with E-state index in [1.807, 2.05) is 0 Å². The molecule has 11 amide bonds. The Bertz CT molecular complexity index is 3090. The molecular weight excluding hydrogens is 1390 g/mol. The van der Waals surface area contributed by atoms with Gasteiger partial charge in [0.2, 0.25) is 59.1 Å². The fourth-order valence-electron chi connectivity index (χ4n) is 9.90. The molecule has 0 aliphatic carbocycles. The third-order valence-corrected chi connectivity index (χ3v) is 16.9. The lowest BCUT2D eigenvalue weighted by Crippen LogP contribution is -2.62. The number of pyridine rings is 1. The van der Waals surface area contributed by atoms with Crippen molar-refractivity contribution in [2.75, 3.05) is 75.3 Å². The molecule has 36 heteroatoms. The summed E-state index contributed by atoms with van der Waals surface area (Å²) < 4.78 is 0. The molecular formula is C62H94ClN17O13S5. The first-order valence-electron chi connectivity index (χ1n) is 32.0. The fraction of sp³-hybridized carbons (Fsp3) is 0.548. The average Bonchev–Trinajstić information content (AvgIpc) is 0.896. The quantitative estimate of drug-likeness (QED) is 0.0161. The highest BCUT2D eigenvalue weighted by atomic mass is 35.5. The maximum absolute atomic E-state index is 14.9. The topological polar surface area (TPSA) is 434 Å². The molecule has 2 heterocycles. The Morgan fingerprint density at radius 3 is 1.68 bits per heavy atom. The van der Waals surface area contributed by atoms with Gasteiger partial charge >= 0.3 is 0 Å². The number of amides is 11. The number of thiol groups is 5. The number of aromatic nitrogens is 1. The van der Waals surface area contributed by atoms with E-state index in [0.717, 1.165) is 0 Å². The third kappa shape index (κ3) is 29.0. The van der Waals surface area contributed by atoms with Crippen LogP contribution in [0.25, 0.3) is 11.3 Å². The second-order valence-corrected chi connectivity index (χ2v) is 24.9. The van der Waals surface area contributed by atoms with E-state index in [1.54, 1.807) is 68.4 Å². The molecule has 1 aliphatic heterocycles. The van der Waals surface area contributed by atoms with Crippen molar-refractivity contribution in [1.82, 2.24) is 90.1 Å². The van der Waals surface area contributed by atoms with Gasteiger partial charge in [0.05, 0.1) is 18.4 Å². The van der Waals surface area contributed by atoms with Crippen LogP contribution in [0.3, 0.4) is 0 Å². The fourth-order valence-corrected chi connectivity index (χ4v) is 10.8. The van der Waals surface area contributed by atoms with Gasteiger partial charge in [-0.1, -0.05) is 74.3 Å². The number of benzene rings is 2. The molecule has 1 aromatic heterocycles. The first kappa shape index (κ1) is 83.9. The molecule has 3 aromatic rings. The number of rotatable bonds is 34. The number of halogens is 1. The highest BCUT2D eigenvalue weighted by Crippen LogP contribution is 2.22. The lowest BCUT2D eigenvalue weighted by Gasteiger charge is -2.30. The van der Waals surface area contributed by atoms with Crippen molar-refractivity contribution < 1.29 is 63.0 Å². The number of hydrogen-bond donors (Lipinski definition) is 23. The molecule has 0 spiro atoms. The average molecular weight is 1480 g/mol. The molecule has 0 bridgehead atoms. The molecule has 1 fully saturated rings. The Labute approximate surface area is 602 Å². The van der Waals surface area contributed by atoms with Crippen LogP contribution < -0.4 is 85.1 Å². The Kier molecular flexibility index (Phi) is 39.4. The van der Waals surface area contributed by atoms with Gasteiger partial charge in [0, 0.05) is 71.2 Å². The van der Waals surface area contributed by atoms with E-state index >= 15 is 0 Å². The molecule has 4 rings (SSSR count). The molecule has 1 saturated heterocycles. The van der Waals surface area contributed by atoms with Gasteiger partial charge in [0.25, 0.3) is 5.91 Å². The Morgan fingerprint density at radius 2 is 1.11 bits per heavy atom. The molecule has 18 N–H and O–H groups in total. The summed E-state index contributed by atoms with van der Waals surface area (Å²) in [6.45, 7) is 3.32. The number of carbonyl (C=O) groups excluding carboxylic acids is 11. The van der Waals surface area contributed by atoms with Gasteiger partial charge in [-0.2, -0.15) is 63.1 Å². The van der Waals surface area contributed by atoms with Crippen molar-refractivity contribution in [2.45, 2.75) is 132 Å². The van der Waals surface area contributed by atoms with Crippen LogP contribution in [0, 0.1) is 5.92 Å². The molecule has 1 aliphatic rings. The monoisotopic (exact) mass is 1480 g/mol. The predicted octanol–water partition coefficient (Wildman–Crippen LogP) is -3.01. The van der Waals surface area contributed by atoms with Crippen LogP contribution in [-0.2, 0) is 54.4 Å². The van der Waals surface area contributed by atoms with Crippen molar-refractivity contribution in [3.05, 3.63) is 89.1 Å². The Hall–Kier alpha value is -6.48. The van der Waals surface area contributed by atoms with E-state index in [9.17, 15) is 63.0 Å². The molecule has 12 atom stereocenters. The van der Waals surface area contributed by atoms with Crippen LogP contribution in [0.2, 0.25) is 5.02 Å². The van der Waals surface area contributed by atoms with Crippen LogP contribution in [0.5, 0.6) is 0 Å². The summed E-state index contributed by atoms with van der Waals surface area (Å²) >= 11 is 27.2. The van der Waals surface area contributed by atoms with Gasteiger partial charge in [0.1, 0.15) is 60.4 Å². The zero-order valence-electron chi connectivity index (χ0n) is 54.7. The van der Waals surface area contributed by atoms with Crippen LogP contribution >= 0.6 is 74.7 Å². The summed E-state index contributed by atoms with van der Waals surface area (Å²) in [4.78, 5) is 163. The summed E-state index contributed by atoms with van der Waals surface area (Å²) in [7, 11) is 0. The van der Waals surface area contributed by atoms with E-state index in [4.69, 9.17) is 11.6 Å². The molecule has 0 unspecified atom stereocenters. The molecule has 542 valence electrons. The zero-order valence-corrected chi connectivity index (χ0v) is 60.0. The number of nitrogens with one attached hydrogen (secondary N) is 16. The van der Waals surface area contributed by atoms with Crippen molar-refractivity contribution in [2.24, 2.45) is 5.92 Å². The van der Waals surface area contributed by atoms with Crippen LogP contribution in [0.1, 0.15) is 75.2 Å². The van der Waals surface area contributed by atoms with Crippen LogP contribution in [0.4, 0.5) is 0 Å². The standard InChI is InChI=1S/C62H94ClN17O13S5/c1-4-35(2)50-62(93)75-43(16-21-66-32-96)53(84)73-44(17-22-67-33-97)57(88)80-51(36(3)82)61(92)70-24-18-45(54(85)72-42(15-20-65-31-95)55(86)76-47(58(89)79-50)25-37-9-6-5-7-10-37)74-59(90)48(28-68-34-98)77-60(91)49(29-81)78-56(87)41(14-19-64-30-94)71-52(83)39-13-23-69-46(27-39)38-11-8-12-40(63)26-38/h5-13,23,26-27,35-36,41-45,47-51,64-68,81-82,94-98H,4,14-22,24-25,28-34H2,1-3H3,(H,70,92)(H,71,83)(H,72,85)(H,73,84)(H,74,90)(H,75,93)(H,76,86)(H,77,91)(H,78,87)(H,79,89)(H,80,88)/t35-,36+,41-,42-,43-,44-,45-,47+,48-,49-,50-,51-/m0/s1. The lowest BCUT2D eigenvalue weighted by molar-refractivity contribution is -0.136. The first-order valence-corrected chi connectivity index (χ1v) is 35.5. The number of hydrogen-bond acceptors (Lipinski definition) is 24. The zero-order chi connectivity index (χ0) is 72.1. The molecule has 2 aromatic carbocycles. The lowest BCUT2D eigenvalue weighted by atomic mass is 9.96. The summed E-state index contributed by atoms with van der Waals surface area (Å²) in [5, 5.41) is 65.6. The van der Waals surface area contributed by atoms with E-state index in [0.29, 0.717) is 28.3 Å². The van der Waals surface area contributed by atoms with Gasteiger partial charge in [0.15, 0.2) is 0 Å². The van der Waals surface area contributed by atoms with Gasteiger partial charge in [-0.25, -0.2) is 0 Å². The van der Waals surface area contributed by atoms with Gasteiger partial charge in [-0.15, -0.1) is 0 Å². The minimum Gasteiger partial charge on any atom is -0.394 e. The summed E-state index contributed by atoms with van der Waals surface area (Å²) in [6, 6.07) is 3.31. The van der Waals surface area contributed by atoms with E-state index in [2.05, 4.69) is 153 Å². The largest absolute Gasteiger partial charge is 0.394 e. The minimum atomic E-state index is -1.75. The number of nitrogens with zero attached hydrogens (tertiary/aromatic N) is 1. The second-order valence-electron chi connectivity index (χ2n) is 22.8. The Balaban J connectivity index is 1.76. The Morgan fingerprint density at radius 1 is 0.582 bits per heavy atom. The van der Waals surface area contributed by atoms with E-state index in [-0.39, 0.29) is 99.8 Å². The van der Waals surface area contributed by atoms with E-state index in [1.165, 1.54) is 25.3 Å². The first-order chi connectivity index (χ1) is 47.0. The van der Waals surface area contributed by atoms with Crippen molar-refractivity contribution in [3.8, 4) is 11.3 Å². The summed E-state index contributed by atoms with van der Waals surface area (Å²) in [6.07, 6.45) is -0.724. The number of aliphatic hydroxyl groups excluding tert-OH is 2. The highest BCUT2D eigenvalue weighted by molar-refractivity contribution is 7.80. The molecule has 98 heavy (non-hydrogen) atoms. The predicted molar refractivity (Wildman–Crippen MR) is 387 cm³/mol. The van der Waals surface area contributed by atoms with Crippen molar-refractivity contribution >= 4 is 140 Å². The molecule has 0 radical (unpaired) electrons. The third-order valence-electron chi connectivity index (χ3n) is 15.6. The number of carbonyl (C=O) groups is 11. The normalized spacial score (nSPS) is 21.0. The molecule has 0 saturated carbocycles. The van der Waals surface area contributed by atoms with Crippen molar-refractivity contribution in [1.29, 1.82) is 0 Å². The maximum Gasteiger partial charge on any atom is 0.252 e. The smallest absolute Gasteiger partial charge is 0.252 e. The van der Waals surface area contributed by atoms with Crippen LogP contribution in [-0.4, -0.2) is 222 Å². The number of aliphatic hydroxyl groups is 2. The van der Waals surface area contributed by atoms with Gasteiger partial charge in [-0.3, -0.25) is 57.7 Å². The minimum absolute atomic E-state index is 0.0265. The SMILES string of the molecule is CC[C@H](C)[C@@H]1NC(=O)[C@@H](Cc2ccccc2)NC(=O)[C@H](CCNCS)NC(=O)[C@@H](NC(=O)[C@H](CNCS)NC(=O)[C@H](CO)NC(=O)[C@H](CCNCS)NC(=O)c2ccnc(-c3cccc(Cl)c3)c2)CCNC(=O)[C@H]([C@@H](C)O)NC(=O)[C@H](CCNCS)NC(=O)[C@H](CCNCS)NC1=O. The highest BCUT2D eigenvalue weighted by Gasteiger charge is 2.38. The van der Waals surface area contributed by atoms with Gasteiger partial charge in [-0.05, 0) is 101 Å². The second kappa shape index (κ2) is 46.0. The van der Waals surface area contributed by atoms with E-state index < -0.39 is 157 Å².